The molecular formula is C45H48N8O6S. The molecule has 8 rings (SSSR count). The molecule has 15 heteroatoms. The van der Waals surface area contributed by atoms with Crippen molar-refractivity contribution in [1.82, 2.24) is 40.4 Å². The van der Waals surface area contributed by atoms with E-state index in [1.165, 1.54) is 14.2 Å². The summed E-state index contributed by atoms with van der Waals surface area (Å²) in [7, 11) is 2.57. The fourth-order valence-electron chi connectivity index (χ4n) is 8.24. The number of likely N-dealkylation sites (tertiary alicyclic amines) is 2. The summed E-state index contributed by atoms with van der Waals surface area (Å²) in [5, 5.41) is 6.56. The minimum Gasteiger partial charge on any atom is -0.453 e. The minimum absolute atomic E-state index is 0.107. The predicted octanol–water partition coefficient (Wildman–Crippen LogP) is 8.15. The van der Waals surface area contributed by atoms with Gasteiger partial charge in [0, 0.05) is 28.2 Å². The molecule has 2 fully saturated rings. The lowest BCUT2D eigenvalue weighted by Crippen LogP contribution is -2.51. The van der Waals surface area contributed by atoms with Crippen LogP contribution in [0.4, 0.5) is 9.59 Å². The van der Waals surface area contributed by atoms with Gasteiger partial charge in [-0.3, -0.25) is 9.59 Å². The Kier molecular flexibility index (Phi) is 11.7. The summed E-state index contributed by atoms with van der Waals surface area (Å²) in [5.74, 6) is 0.976. The van der Waals surface area contributed by atoms with E-state index in [4.69, 9.17) is 19.4 Å². The molecule has 0 radical (unpaired) electrons. The smallest absolute Gasteiger partial charge is 0.407 e. The molecule has 60 heavy (non-hydrogen) atoms. The molecule has 2 aliphatic rings. The number of nitrogens with one attached hydrogen (secondary N) is 4. The van der Waals surface area contributed by atoms with Crippen molar-refractivity contribution in [3.63, 3.8) is 0 Å². The van der Waals surface area contributed by atoms with E-state index in [9.17, 15) is 19.2 Å². The fraction of sp³-hybridized carbons (Fsp3) is 0.333. The Labute approximate surface area is 351 Å². The first kappa shape index (κ1) is 40.3. The number of aromatic amines is 2. The van der Waals surface area contributed by atoms with Gasteiger partial charge >= 0.3 is 12.2 Å². The van der Waals surface area contributed by atoms with Crippen molar-refractivity contribution in [3.8, 4) is 33.0 Å². The lowest BCUT2D eigenvalue weighted by molar-refractivity contribution is -0.135. The van der Waals surface area contributed by atoms with Gasteiger partial charge in [-0.1, -0.05) is 80.6 Å². The SMILES string of the molecule is COC(=O)N[C@H](C(=O)N1CCCC1c1ncc(-c2ccc(-c3cc4ccc(-c5cnc([C@@H]6CCCN6C(=O)[C@H](NC(=O)OC)c6ccccc6)[nH]5)cc4s3)cc2)[nH]1)C(C)C. The van der Waals surface area contributed by atoms with E-state index in [0.29, 0.717) is 24.5 Å². The number of methoxy groups -OCH3 is 2. The first-order valence-corrected chi connectivity index (χ1v) is 21.0. The lowest BCUT2D eigenvalue weighted by Gasteiger charge is -2.30. The lowest BCUT2D eigenvalue weighted by atomic mass is 10.0. The number of rotatable bonds is 11. The topological polar surface area (TPSA) is 175 Å². The third kappa shape index (κ3) is 8.21. The van der Waals surface area contributed by atoms with Crippen molar-refractivity contribution in [2.45, 2.75) is 63.7 Å². The number of thiophene rings is 1. The van der Waals surface area contributed by atoms with Crippen molar-refractivity contribution in [1.29, 1.82) is 0 Å². The summed E-state index contributed by atoms with van der Waals surface area (Å²) in [6.07, 6.45) is 5.54. The second-order valence-corrected chi connectivity index (χ2v) is 16.6. The highest BCUT2D eigenvalue weighted by atomic mass is 32.1. The number of carbonyl (C=O) groups excluding carboxylic acids is 4. The molecule has 4 N–H and O–H groups in total. The van der Waals surface area contributed by atoms with Gasteiger partial charge in [0.25, 0.3) is 5.91 Å². The molecule has 6 aromatic rings. The van der Waals surface area contributed by atoms with E-state index in [1.807, 2.05) is 61.5 Å². The summed E-state index contributed by atoms with van der Waals surface area (Å²) in [4.78, 5) is 72.9. The van der Waals surface area contributed by atoms with Gasteiger partial charge in [0.05, 0.1) is 50.1 Å². The molecule has 2 saturated heterocycles. The Balaban J connectivity index is 0.953. The van der Waals surface area contributed by atoms with Crippen LogP contribution in [0.15, 0.2) is 91.3 Å². The first-order chi connectivity index (χ1) is 29.1. The van der Waals surface area contributed by atoms with Crippen LogP contribution in [0.3, 0.4) is 0 Å². The zero-order valence-electron chi connectivity index (χ0n) is 33.9. The second kappa shape index (κ2) is 17.4. The van der Waals surface area contributed by atoms with Crippen LogP contribution in [0.2, 0.25) is 0 Å². The maximum absolute atomic E-state index is 14.0. The van der Waals surface area contributed by atoms with E-state index in [1.54, 1.807) is 16.2 Å². The van der Waals surface area contributed by atoms with Gasteiger partial charge in [0.2, 0.25) is 5.91 Å². The molecule has 3 aromatic heterocycles. The molecule has 4 atom stereocenters. The number of benzene rings is 3. The Bertz CT molecular complexity index is 2500. The number of amides is 4. The molecule has 14 nitrogen and oxygen atoms in total. The normalized spacial score (nSPS) is 17.5. The molecule has 3 aromatic carbocycles. The van der Waals surface area contributed by atoms with Crippen LogP contribution in [0, 0.1) is 5.92 Å². The van der Waals surface area contributed by atoms with Crippen LogP contribution >= 0.6 is 11.3 Å². The van der Waals surface area contributed by atoms with E-state index in [2.05, 4.69) is 69.1 Å². The summed E-state index contributed by atoms with van der Waals surface area (Å²) in [6.45, 7) is 4.95. The number of H-pyrrole nitrogens is 2. The van der Waals surface area contributed by atoms with Crippen molar-refractivity contribution < 1.29 is 28.7 Å². The molecule has 2 aliphatic heterocycles. The summed E-state index contributed by atoms with van der Waals surface area (Å²) < 4.78 is 10.7. The Morgan fingerprint density at radius 1 is 0.717 bits per heavy atom. The summed E-state index contributed by atoms with van der Waals surface area (Å²) in [6, 6.07) is 24.1. The molecule has 0 spiro atoms. The van der Waals surface area contributed by atoms with Crippen LogP contribution in [0.25, 0.3) is 43.0 Å². The Morgan fingerprint density at radius 2 is 1.28 bits per heavy atom. The van der Waals surface area contributed by atoms with E-state index in [-0.39, 0.29) is 29.8 Å². The molecule has 4 amide bonds. The largest absolute Gasteiger partial charge is 0.453 e. The van der Waals surface area contributed by atoms with Gasteiger partial charge in [0.1, 0.15) is 23.7 Å². The van der Waals surface area contributed by atoms with Gasteiger partial charge in [0.15, 0.2) is 0 Å². The molecule has 0 bridgehead atoms. The van der Waals surface area contributed by atoms with Crippen LogP contribution in [0.1, 0.15) is 74.9 Å². The van der Waals surface area contributed by atoms with E-state index < -0.39 is 24.3 Å². The number of fused-ring (bicyclic) bond motifs is 1. The van der Waals surface area contributed by atoms with Crippen LogP contribution < -0.4 is 10.6 Å². The van der Waals surface area contributed by atoms with Gasteiger partial charge in [-0.2, -0.15) is 0 Å². The zero-order chi connectivity index (χ0) is 41.9. The molecule has 1 unspecified atom stereocenters. The van der Waals surface area contributed by atoms with Crippen LogP contribution in [-0.2, 0) is 19.1 Å². The average Bonchev–Trinajstić information content (AvgIpc) is 4.13. The van der Waals surface area contributed by atoms with Crippen molar-refractivity contribution in [2.75, 3.05) is 27.3 Å². The highest BCUT2D eigenvalue weighted by molar-refractivity contribution is 7.22. The highest BCUT2D eigenvalue weighted by Gasteiger charge is 2.39. The average molecular weight is 829 g/mol. The number of alkyl carbamates (subject to hydrolysis) is 2. The fourth-order valence-corrected chi connectivity index (χ4v) is 9.35. The van der Waals surface area contributed by atoms with Crippen molar-refractivity contribution >= 4 is 45.4 Å². The number of carbonyl (C=O) groups is 4. The van der Waals surface area contributed by atoms with E-state index >= 15 is 0 Å². The van der Waals surface area contributed by atoms with Crippen molar-refractivity contribution in [2.24, 2.45) is 5.92 Å². The third-order valence-corrected chi connectivity index (χ3v) is 12.6. The maximum atomic E-state index is 14.0. The Hall–Kier alpha value is -6.48. The summed E-state index contributed by atoms with van der Waals surface area (Å²) in [5.41, 5.74) is 5.48. The predicted molar refractivity (Wildman–Crippen MR) is 229 cm³/mol. The van der Waals surface area contributed by atoms with Gasteiger partial charge in [-0.05, 0) is 65.8 Å². The Morgan fingerprint density at radius 3 is 1.90 bits per heavy atom. The van der Waals surface area contributed by atoms with Crippen LogP contribution in [0.5, 0.6) is 0 Å². The van der Waals surface area contributed by atoms with Gasteiger partial charge in [-0.25, -0.2) is 19.6 Å². The number of imidazole rings is 2. The number of ether oxygens (including phenoxy) is 2. The van der Waals surface area contributed by atoms with Crippen molar-refractivity contribution in [3.05, 3.63) is 108 Å². The molecule has 0 aliphatic carbocycles. The molecular weight excluding hydrogens is 781 g/mol. The first-order valence-electron chi connectivity index (χ1n) is 20.2. The monoisotopic (exact) mass is 828 g/mol. The molecule has 310 valence electrons. The molecule has 5 heterocycles. The quantitative estimate of drug-likeness (QED) is 0.101. The highest BCUT2D eigenvalue weighted by Crippen LogP contribution is 2.39. The number of hydrogen-bond donors (Lipinski definition) is 4. The van der Waals surface area contributed by atoms with E-state index in [0.717, 1.165) is 74.5 Å². The zero-order valence-corrected chi connectivity index (χ0v) is 34.8. The minimum atomic E-state index is -0.881. The maximum Gasteiger partial charge on any atom is 0.407 e. The second-order valence-electron chi connectivity index (χ2n) is 15.5. The third-order valence-electron chi connectivity index (χ3n) is 11.4. The van der Waals surface area contributed by atoms with Gasteiger partial charge in [-0.15, -0.1) is 11.3 Å². The summed E-state index contributed by atoms with van der Waals surface area (Å²) >= 11 is 1.71. The van der Waals surface area contributed by atoms with Crippen LogP contribution in [-0.4, -0.2) is 87.1 Å². The van der Waals surface area contributed by atoms with Gasteiger partial charge < -0.3 is 39.9 Å². The number of aromatic nitrogens is 4. The number of hydrogen-bond acceptors (Lipinski definition) is 9. The molecule has 0 saturated carbocycles. The standard InChI is InChI=1S/C45H48N8O6S/c1-26(2)38(50-44(56)58-3)42(54)52-20-8-12-34(52)40-46-24-32(48-40)27-14-16-28(17-15-27)36-23-31-19-18-30(22-37(31)60-36)33-25-47-41(49-33)35-13-9-21-53(35)43(55)39(51-45(57)59-4)29-10-6-5-7-11-29/h5-7,10-11,14-19,22-26,34-35,38-39H,8-9,12-13,20-21H2,1-4H3,(H,46,48)(H,47,49)(H,50,56)(H,51,57)/t34?,35-,38-,39+/m0/s1. The number of nitrogens with zero attached hydrogens (tertiary/aromatic N) is 4.